The fourth-order valence-corrected chi connectivity index (χ4v) is 3.52. The van der Waals surface area contributed by atoms with Crippen LogP contribution in [0.4, 0.5) is 11.6 Å². The van der Waals surface area contributed by atoms with Crippen LogP contribution in [0.1, 0.15) is 43.0 Å². The Hall–Kier alpha value is -1.85. The van der Waals surface area contributed by atoms with E-state index in [1.807, 2.05) is 0 Å². The highest BCUT2D eigenvalue weighted by atomic mass is 35.5. The molecule has 1 aromatic carbocycles. The van der Waals surface area contributed by atoms with E-state index in [4.69, 9.17) is 23.2 Å². The maximum absolute atomic E-state index is 12.4. The summed E-state index contributed by atoms with van der Waals surface area (Å²) >= 11 is 11.9. The van der Waals surface area contributed by atoms with Crippen LogP contribution >= 0.6 is 23.2 Å². The molecule has 0 bridgehead atoms. The number of anilines is 2. The molecular weight excluding hydrogens is 359 g/mol. The molecule has 0 radical (unpaired) electrons. The molecule has 1 fully saturated rings. The van der Waals surface area contributed by atoms with Crippen LogP contribution in [0.25, 0.3) is 0 Å². The molecule has 0 aliphatic carbocycles. The number of hydrogen-bond donors (Lipinski definition) is 1. The third kappa shape index (κ3) is 4.22. The second-order valence-corrected chi connectivity index (χ2v) is 6.94. The summed E-state index contributed by atoms with van der Waals surface area (Å²) in [6, 6.07) is 5.39. The van der Waals surface area contributed by atoms with E-state index in [9.17, 15) is 4.79 Å². The average Bonchev–Trinajstić information content (AvgIpc) is 2.64. The lowest BCUT2D eigenvalue weighted by Crippen LogP contribution is -2.40. The Morgan fingerprint density at radius 2 is 2.04 bits per heavy atom. The number of rotatable bonds is 4. The van der Waals surface area contributed by atoms with Crippen LogP contribution in [0.5, 0.6) is 0 Å². The van der Waals surface area contributed by atoms with Gasteiger partial charge in [0, 0.05) is 30.0 Å². The first-order valence-corrected chi connectivity index (χ1v) is 9.19. The molecular formula is C18H20Cl2N4O. The monoisotopic (exact) mass is 378 g/mol. The first kappa shape index (κ1) is 18.0. The van der Waals surface area contributed by atoms with Gasteiger partial charge < -0.3 is 10.2 Å². The summed E-state index contributed by atoms with van der Waals surface area (Å²) in [4.78, 5) is 23.4. The van der Waals surface area contributed by atoms with Gasteiger partial charge in [0.15, 0.2) is 0 Å². The Bertz CT molecular complexity index is 751. The van der Waals surface area contributed by atoms with E-state index in [1.165, 1.54) is 6.42 Å². The minimum absolute atomic E-state index is 0.304. The van der Waals surface area contributed by atoms with E-state index in [-0.39, 0.29) is 5.91 Å². The second-order valence-electron chi connectivity index (χ2n) is 6.10. The molecule has 5 nitrogen and oxygen atoms in total. The molecule has 1 N–H and O–H groups in total. The first-order chi connectivity index (χ1) is 12.1. The van der Waals surface area contributed by atoms with Crippen molar-refractivity contribution in [2.75, 3.05) is 16.8 Å². The Morgan fingerprint density at radius 1 is 1.28 bits per heavy atom. The third-order valence-corrected chi connectivity index (χ3v) is 4.98. The molecule has 132 valence electrons. The van der Waals surface area contributed by atoms with E-state index < -0.39 is 0 Å². The Kier molecular flexibility index (Phi) is 5.76. The molecule has 1 saturated heterocycles. The van der Waals surface area contributed by atoms with Gasteiger partial charge in [-0.25, -0.2) is 9.97 Å². The van der Waals surface area contributed by atoms with Crippen molar-refractivity contribution in [3.8, 4) is 0 Å². The van der Waals surface area contributed by atoms with Crippen LogP contribution in [0, 0.1) is 0 Å². The van der Waals surface area contributed by atoms with Crippen LogP contribution < -0.4 is 10.2 Å². The standard InChI is InChI=1S/C18H20Cl2N4O/c1-2-14-5-3-4-8-24(14)18-21-10-12(11-22-18)17(25)23-16-7-6-13(19)9-15(16)20/h6-7,9-11,14H,2-5,8H2,1H3,(H,23,25). The predicted molar refractivity (Wildman–Crippen MR) is 102 cm³/mol. The van der Waals surface area contributed by atoms with Crippen LogP contribution in [-0.4, -0.2) is 28.5 Å². The van der Waals surface area contributed by atoms with Crippen molar-refractivity contribution in [3.05, 3.63) is 46.2 Å². The molecule has 0 saturated carbocycles. The van der Waals surface area contributed by atoms with Gasteiger partial charge in [0.1, 0.15) is 0 Å². The average molecular weight is 379 g/mol. The van der Waals surface area contributed by atoms with Gasteiger partial charge in [-0.15, -0.1) is 0 Å². The van der Waals surface area contributed by atoms with E-state index >= 15 is 0 Å². The van der Waals surface area contributed by atoms with Crippen molar-refractivity contribution >= 4 is 40.7 Å². The summed E-state index contributed by atoms with van der Waals surface area (Å²) < 4.78 is 0. The van der Waals surface area contributed by atoms with Crippen molar-refractivity contribution in [2.45, 2.75) is 38.6 Å². The topological polar surface area (TPSA) is 58.1 Å². The molecule has 1 aliphatic heterocycles. The number of nitrogens with one attached hydrogen (secondary N) is 1. The fraction of sp³-hybridized carbons (Fsp3) is 0.389. The SMILES string of the molecule is CCC1CCCCN1c1ncc(C(=O)Nc2ccc(Cl)cc2Cl)cn1. The van der Waals surface area contributed by atoms with Gasteiger partial charge >= 0.3 is 0 Å². The maximum Gasteiger partial charge on any atom is 0.258 e. The minimum Gasteiger partial charge on any atom is -0.338 e. The zero-order valence-corrected chi connectivity index (χ0v) is 15.5. The lowest BCUT2D eigenvalue weighted by atomic mass is 10.0. The summed E-state index contributed by atoms with van der Waals surface area (Å²) in [5.41, 5.74) is 0.891. The summed E-state index contributed by atoms with van der Waals surface area (Å²) in [7, 11) is 0. The molecule has 2 aromatic rings. The quantitative estimate of drug-likeness (QED) is 0.829. The number of carbonyl (C=O) groups is 1. The second kappa shape index (κ2) is 8.02. The molecule has 2 heterocycles. The van der Waals surface area contributed by atoms with Gasteiger partial charge in [0.2, 0.25) is 5.95 Å². The molecule has 1 aliphatic rings. The molecule has 1 unspecified atom stereocenters. The smallest absolute Gasteiger partial charge is 0.258 e. The largest absolute Gasteiger partial charge is 0.338 e. The van der Waals surface area contributed by atoms with E-state index in [0.717, 1.165) is 25.8 Å². The molecule has 3 rings (SSSR count). The summed E-state index contributed by atoms with van der Waals surface area (Å²) in [6.07, 6.45) is 7.75. The lowest BCUT2D eigenvalue weighted by molar-refractivity contribution is 0.102. The highest BCUT2D eigenvalue weighted by molar-refractivity contribution is 6.36. The molecule has 1 aromatic heterocycles. The fourth-order valence-electron chi connectivity index (χ4n) is 3.06. The number of aromatic nitrogens is 2. The predicted octanol–water partition coefficient (Wildman–Crippen LogP) is 4.80. The van der Waals surface area contributed by atoms with Gasteiger partial charge in [0.25, 0.3) is 5.91 Å². The summed E-state index contributed by atoms with van der Waals surface area (Å²) in [5, 5.41) is 3.65. The van der Waals surface area contributed by atoms with Crippen LogP contribution in [0.3, 0.4) is 0 Å². The van der Waals surface area contributed by atoms with Crippen molar-refractivity contribution in [1.82, 2.24) is 9.97 Å². The molecule has 25 heavy (non-hydrogen) atoms. The van der Waals surface area contributed by atoms with Crippen LogP contribution in [0.2, 0.25) is 10.0 Å². The highest BCUT2D eigenvalue weighted by Gasteiger charge is 2.23. The van der Waals surface area contributed by atoms with Gasteiger partial charge in [-0.1, -0.05) is 30.1 Å². The number of halogens is 2. The van der Waals surface area contributed by atoms with E-state index in [0.29, 0.717) is 33.3 Å². The third-order valence-electron chi connectivity index (χ3n) is 4.44. The zero-order chi connectivity index (χ0) is 17.8. The van der Waals surface area contributed by atoms with E-state index in [2.05, 4.69) is 27.1 Å². The van der Waals surface area contributed by atoms with E-state index in [1.54, 1.807) is 30.6 Å². The number of benzene rings is 1. The Balaban J connectivity index is 1.72. The number of amides is 1. The summed E-state index contributed by atoms with van der Waals surface area (Å²) in [5.74, 6) is 0.383. The normalized spacial score (nSPS) is 17.4. The van der Waals surface area contributed by atoms with Gasteiger partial charge in [0.05, 0.1) is 16.3 Å². The lowest BCUT2D eigenvalue weighted by Gasteiger charge is -2.35. The summed E-state index contributed by atoms with van der Waals surface area (Å²) in [6.45, 7) is 3.14. The minimum atomic E-state index is -0.304. The van der Waals surface area contributed by atoms with Crippen molar-refractivity contribution in [3.63, 3.8) is 0 Å². The Morgan fingerprint density at radius 3 is 2.72 bits per heavy atom. The molecule has 1 amide bonds. The van der Waals surface area contributed by atoms with Gasteiger partial charge in [-0.2, -0.15) is 0 Å². The van der Waals surface area contributed by atoms with Gasteiger partial charge in [-0.05, 0) is 43.9 Å². The van der Waals surface area contributed by atoms with Crippen LogP contribution in [0.15, 0.2) is 30.6 Å². The van der Waals surface area contributed by atoms with Crippen molar-refractivity contribution < 1.29 is 4.79 Å². The maximum atomic E-state index is 12.4. The highest BCUT2D eigenvalue weighted by Crippen LogP contribution is 2.26. The number of carbonyl (C=O) groups excluding carboxylic acids is 1. The molecule has 1 atom stereocenters. The van der Waals surface area contributed by atoms with Crippen molar-refractivity contribution in [2.24, 2.45) is 0 Å². The number of piperidine rings is 1. The van der Waals surface area contributed by atoms with Gasteiger partial charge in [-0.3, -0.25) is 4.79 Å². The molecule has 7 heteroatoms. The Labute approximate surface area is 157 Å². The number of nitrogens with zero attached hydrogens (tertiary/aromatic N) is 3. The van der Waals surface area contributed by atoms with Crippen molar-refractivity contribution in [1.29, 1.82) is 0 Å². The number of hydrogen-bond acceptors (Lipinski definition) is 4. The zero-order valence-electron chi connectivity index (χ0n) is 14.0. The molecule has 0 spiro atoms. The van der Waals surface area contributed by atoms with Crippen LogP contribution in [-0.2, 0) is 0 Å². The first-order valence-electron chi connectivity index (χ1n) is 8.43.